The maximum Gasteiger partial charge on any atom is 0.0943 e. The minimum Gasteiger partial charge on any atom is -0.398 e. The first-order chi connectivity index (χ1) is 9.57. The molecule has 112 valence electrons. The number of hydrogen-bond acceptors (Lipinski definition) is 4. The van der Waals surface area contributed by atoms with E-state index in [-0.39, 0.29) is 0 Å². The summed E-state index contributed by atoms with van der Waals surface area (Å²) >= 11 is 0. The van der Waals surface area contributed by atoms with Gasteiger partial charge in [0.15, 0.2) is 0 Å². The van der Waals surface area contributed by atoms with Crippen molar-refractivity contribution in [2.24, 2.45) is 5.92 Å². The van der Waals surface area contributed by atoms with Gasteiger partial charge in [0.05, 0.1) is 11.7 Å². The molecule has 0 aromatic carbocycles. The summed E-state index contributed by atoms with van der Waals surface area (Å²) < 4.78 is 5.98. The number of pyridine rings is 1. The minimum absolute atomic E-state index is 0.413. The Balaban J connectivity index is 2.11. The van der Waals surface area contributed by atoms with E-state index < -0.39 is 11.7 Å². The number of nitrogens with zero attached hydrogens (tertiary/aromatic N) is 1. The number of ether oxygens (including phenoxy) is 1. The lowest BCUT2D eigenvalue weighted by atomic mass is 9.75. The predicted octanol–water partition coefficient (Wildman–Crippen LogP) is 2.55. The van der Waals surface area contributed by atoms with Crippen molar-refractivity contribution < 1.29 is 9.84 Å². The monoisotopic (exact) mass is 278 g/mol. The van der Waals surface area contributed by atoms with E-state index in [2.05, 4.69) is 11.9 Å². The summed E-state index contributed by atoms with van der Waals surface area (Å²) in [5.74, 6) is 0.722. The summed E-state index contributed by atoms with van der Waals surface area (Å²) in [6.45, 7) is 4.89. The second kappa shape index (κ2) is 6.55. The largest absolute Gasteiger partial charge is 0.398 e. The van der Waals surface area contributed by atoms with E-state index in [1.165, 1.54) is 0 Å². The van der Waals surface area contributed by atoms with Crippen LogP contribution in [0.25, 0.3) is 0 Å². The summed E-state index contributed by atoms with van der Waals surface area (Å²) in [5.41, 5.74) is 7.12. The SMILES string of the molecule is CCOC1(C(O)Cc2cnccc2N)CCC(C)CC1. The van der Waals surface area contributed by atoms with Crippen LogP contribution < -0.4 is 5.73 Å². The van der Waals surface area contributed by atoms with Crippen LogP contribution in [0.15, 0.2) is 18.5 Å². The average molecular weight is 278 g/mol. The quantitative estimate of drug-likeness (QED) is 0.868. The number of rotatable bonds is 5. The first-order valence-corrected chi connectivity index (χ1v) is 7.58. The van der Waals surface area contributed by atoms with Gasteiger partial charge >= 0.3 is 0 Å². The van der Waals surface area contributed by atoms with Gasteiger partial charge < -0.3 is 15.6 Å². The first-order valence-electron chi connectivity index (χ1n) is 7.58. The van der Waals surface area contributed by atoms with Gasteiger partial charge in [-0.1, -0.05) is 6.92 Å². The van der Waals surface area contributed by atoms with Crippen LogP contribution in [0.2, 0.25) is 0 Å². The van der Waals surface area contributed by atoms with Crippen LogP contribution in [0, 0.1) is 5.92 Å². The molecule has 1 heterocycles. The molecule has 1 aromatic heterocycles. The third-order valence-corrected chi connectivity index (χ3v) is 4.51. The summed E-state index contributed by atoms with van der Waals surface area (Å²) in [6.07, 6.45) is 7.46. The molecule has 1 aromatic rings. The summed E-state index contributed by atoms with van der Waals surface area (Å²) in [4.78, 5) is 4.09. The second-order valence-corrected chi connectivity index (χ2v) is 5.97. The number of nitrogen functional groups attached to an aromatic ring is 1. The fourth-order valence-electron chi connectivity index (χ4n) is 3.11. The van der Waals surface area contributed by atoms with Crippen molar-refractivity contribution in [3.05, 3.63) is 24.0 Å². The van der Waals surface area contributed by atoms with Crippen molar-refractivity contribution in [2.45, 2.75) is 57.7 Å². The van der Waals surface area contributed by atoms with Crippen molar-refractivity contribution in [2.75, 3.05) is 12.3 Å². The molecule has 0 bridgehead atoms. The molecule has 1 fully saturated rings. The topological polar surface area (TPSA) is 68.4 Å². The Kier molecular flexibility index (Phi) is 5.00. The van der Waals surface area contributed by atoms with E-state index in [0.717, 1.165) is 37.2 Å². The van der Waals surface area contributed by atoms with Gasteiger partial charge in [0.2, 0.25) is 0 Å². The first kappa shape index (κ1) is 15.3. The molecule has 2 rings (SSSR count). The molecule has 0 aliphatic heterocycles. The zero-order valence-electron chi connectivity index (χ0n) is 12.5. The maximum absolute atomic E-state index is 10.7. The van der Waals surface area contributed by atoms with Crippen LogP contribution in [0.5, 0.6) is 0 Å². The Morgan fingerprint density at radius 3 is 2.80 bits per heavy atom. The molecule has 1 unspecified atom stereocenters. The van der Waals surface area contributed by atoms with Crippen molar-refractivity contribution in [3.63, 3.8) is 0 Å². The zero-order valence-corrected chi connectivity index (χ0v) is 12.5. The third kappa shape index (κ3) is 3.30. The fraction of sp³-hybridized carbons (Fsp3) is 0.688. The van der Waals surface area contributed by atoms with E-state index >= 15 is 0 Å². The molecular formula is C16H26N2O2. The van der Waals surface area contributed by atoms with E-state index in [4.69, 9.17) is 10.5 Å². The van der Waals surface area contributed by atoms with Gasteiger partial charge in [-0.25, -0.2) is 0 Å². The van der Waals surface area contributed by atoms with Crippen molar-refractivity contribution in [1.29, 1.82) is 0 Å². The fourth-order valence-corrected chi connectivity index (χ4v) is 3.11. The number of aliphatic hydroxyl groups is 1. The van der Waals surface area contributed by atoms with Crippen molar-refractivity contribution in [3.8, 4) is 0 Å². The Labute approximate surface area is 121 Å². The van der Waals surface area contributed by atoms with Crippen molar-refractivity contribution in [1.82, 2.24) is 4.98 Å². The highest BCUT2D eigenvalue weighted by Crippen LogP contribution is 2.38. The van der Waals surface area contributed by atoms with E-state index in [1.54, 1.807) is 18.5 Å². The van der Waals surface area contributed by atoms with Gasteiger partial charge in [0, 0.05) is 31.1 Å². The molecule has 3 N–H and O–H groups in total. The lowest BCUT2D eigenvalue weighted by molar-refractivity contribution is -0.143. The number of anilines is 1. The summed E-state index contributed by atoms with van der Waals surface area (Å²) in [7, 11) is 0. The molecule has 0 amide bonds. The Morgan fingerprint density at radius 2 is 2.20 bits per heavy atom. The molecule has 0 radical (unpaired) electrons. The van der Waals surface area contributed by atoms with E-state index in [9.17, 15) is 5.11 Å². The average Bonchev–Trinajstić information content (AvgIpc) is 2.44. The van der Waals surface area contributed by atoms with Gasteiger partial charge in [0.25, 0.3) is 0 Å². The maximum atomic E-state index is 10.7. The molecule has 1 saturated carbocycles. The molecule has 0 saturated heterocycles. The lowest BCUT2D eigenvalue weighted by Crippen LogP contribution is -2.48. The second-order valence-electron chi connectivity index (χ2n) is 5.97. The standard InChI is InChI=1S/C16H26N2O2/c1-3-20-16(7-4-12(2)5-8-16)15(19)10-13-11-18-9-6-14(13)17/h6,9,11-12,15,19H,3-5,7-8,10H2,1-2H3,(H2,17,18). The highest BCUT2D eigenvalue weighted by Gasteiger charge is 2.41. The van der Waals surface area contributed by atoms with Gasteiger partial charge in [-0.15, -0.1) is 0 Å². The number of nitrogens with two attached hydrogens (primary N) is 1. The lowest BCUT2D eigenvalue weighted by Gasteiger charge is -2.42. The van der Waals surface area contributed by atoms with Crippen LogP contribution >= 0.6 is 0 Å². The predicted molar refractivity (Wildman–Crippen MR) is 80.3 cm³/mol. The van der Waals surface area contributed by atoms with Gasteiger partial charge in [-0.2, -0.15) is 0 Å². The van der Waals surface area contributed by atoms with Crippen LogP contribution in [-0.2, 0) is 11.2 Å². The van der Waals surface area contributed by atoms with Crippen molar-refractivity contribution >= 4 is 5.69 Å². The molecule has 4 nitrogen and oxygen atoms in total. The van der Waals surface area contributed by atoms with Crippen LogP contribution in [0.4, 0.5) is 5.69 Å². The molecule has 1 aliphatic rings. The van der Waals surface area contributed by atoms with Gasteiger partial charge in [-0.3, -0.25) is 4.98 Å². The Hall–Kier alpha value is -1.13. The molecule has 20 heavy (non-hydrogen) atoms. The zero-order chi connectivity index (χ0) is 14.6. The van der Waals surface area contributed by atoms with Gasteiger partial charge in [-0.05, 0) is 50.2 Å². The van der Waals surface area contributed by atoms with Crippen LogP contribution in [0.3, 0.4) is 0 Å². The number of aromatic nitrogens is 1. The van der Waals surface area contributed by atoms with E-state index in [1.807, 2.05) is 6.92 Å². The molecule has 1 aliphatic carbocycles. The Bertz CT molecular complexity index is 428. The smallest absolute Gasteiger partial charge is 0.0943 e. The third-order valence-electron chi connectivity index (χ3n) is 4.51. The highest BCUT2D eigenvalue weighted by molar-refractivity contribution is 5.44. The highest BCUT2D eigenvalue weighted by atomic mass is 16.5. The minimum atomic E-state index is -0.526. The van der Waals surface area contributed by atoms with Gasteiger partial charge in [0.1, 0.15) is 0 Å². The Morgan fingerprint density at radius 1 is 1.50 bits per heavy atom. The molecule has 0 spiro atoms. The number of hydrogen-bond donors (Lipinski definition) is 2. The van der Waals surface area contributed by atoms with E-state index in [0.29, 0.717) is 18.7 Å². The number of aliphatic hydroxyl groups excluding tert-OH is 1. The molecule has 1 atom stereocenters. The normalized spacial score (nSPS) is 28.2. The van der Waals surface area contributed by atoms with Crippen LogP contribution in [0.1, 0.15) is 45.1 Å². The molecule has 4 heteroatoms. The summed E-state index contributed by atoms with van der Waals surface area (Å²) in [6, 6.07) is 1.78. The summed E-state index contributed by atoms with van der Waals surface area (Å²) in [5, 5.41) is 10.7. The molecular weight excluding hydrogens is 252 g/mol. The van der Waals surface area contributed by atoms with Crippen LogP contribution in [-0.4, -0.2) is 28.4 Å².